The van der Waals surface area contributed by atoms with Gasteiger partial charge < -0.3 is 10.3 Å². The van der Waals surface area contributed by atoms with Crippen LogP contribution in [0.3, 0.4) is 0 Å². The average Bonchev–Trinajstić information content (AvgIpc) is 2.58. The van der Waals surface area contributed by atoms with E-state index >= 15 is 0 Å². The number of hydrogen-bond acceptors (Lipinski definition) is 2. The first kappa shape index (κ1) is 11.1. The van der Waals surface area contributed by atoms with Gasteiger partial charge in [-0.25, -0.2) is 4.98 Å². The van der Waals surface area contributed by atoms with Gasteiger partial charge in [-0.3, -0.25) is 0 Å². The smallest absolute Gasteiger partial charge is 0.140 e. The fourth-order valence-corrected chi connectivity index (χ4v) is 2.08. The summed E-state index contributed by atoms with van der Waals surface area (Å²) in [7, 11) is 0. The van der Waals surface area contributed by atoms with E-state index in [-0.39, 0.29) is 0 Å². The maximum atomic E-state index is 5.63. The van der Waals surface area contributed by atoms with Crippen LogP contribution in [0.15, 0.2) is 24.5 Å². The van der Waals surface area contributed by atoms with Crippen LogP contribution in [-0.2, 0) is 13.0 Å². The number of fused-ring (bicyclic) bond motifs is 1. The van der Waals surface area contributed by atoms with Gasteiger partial charge in [-0.15, -0.1) is 0 Å². The quantitative estimate of drug-likeness (QED) is 0.853. The number of aromatic nitrogens is 2. The molecule has 2 aromatic rings. The predicted molar refractivity (Wildman–Crippen MR) is 67.3 cm³/mol. The van der Waals surface area contributed by atoms with Crippen molar-refractivity contribution in [2.75, 3.05) is 6.54 Å². The highest BCUT2D eigenvalue weighted by Gasteiger charge is 2.09. The molecule has 16 heavy (non-hydrogen) atoms. The Morgan fingerprint density at radius 1 is 1.44 bits per heavy atom. The fourth-order valence-electron chi connectivity index (χ4n) is 2.08. The molecule has 86 valence electrons. The van der Waals surface area contributed by atoms with Crippen LogP contribution in [0.5, 0.6) is 0 Å². The molecular weight excluding hydrogens is 198 g/mol. The van der Waals surface area contributed by atoms with Crippen LogP contribution in [0.1, 0.15) is 19.4 Å². The second-order valence-electron chi connectivity index (χ2n) is 4.61. The Morgan fingerprint density at radius 3 is 2.94 bits per heavy atom. The fraction of sp³-hybridized carbons (Fsp3) is 0.462. The van der Waals surface area contributed by atoms with Crippen molar-refractivity contribution in [1.29, 1.82) is 0 Å². The first-order valence-electron chi connectivity index (χ1n) is 5.85. The second kappa shape index (κ2) is 4.66. The zero-order valence-corrected chi connectivity index (χ0v) is 9.98. The highest BCUT2D eigenvalue weighted by molar-refractivity contribution is 5.80. The maximum absolute atomic E-state index is 5.63. The van der Waals surface area contributed by atoms with Crippen LogP contribution in [0.25, 0.3) is 11.0 Å². The van der Waals surface area contributed by atoms with Crippen molar-refractivity contribution in [3.05, 3.63) is 30.1 Å². The lowest BCUT2D eigenvalue weighted by molar-refractivity contribution is 0.532. The molecule has 0 aliphatic rings. The molecule has 3 nitrogen and oxygen atoms in total. The Labute approximate surface area is 96.3 Å². The van der Waals surface area contributed by atoms with Crippen molar-refractivity contribution < 1.29 is 0 Å². The average molecular weight is 217 g/mol. The van der Waals surface area contributed by atoms with Crippen molar-refractivity contribution in [3.8, 4) is 0 Å². The molecule has 0 fully saturated rings. The summed E-state index contributed by atoms with van der Waals surface area (Å²) in [4.78, 5) is 4.46. The zero-order chi connectivity index (χ0) is 11.5. The molecule has 2 heterocycles. The molecule has 0 saturated heterocycles. The molecule has 0 aliphatic carbocycles. The Morgan fingerprint density at radius 2 is 2.25 bits per heavy atom. The number of pyridine rings is 1. The Bertz CT molecular complexity index is 471. The van der Waals surface area contributed by atoms with Crippen molar-refractivity contribution >= 4 is 11.0 Å². The van der Waals surface area contributed by atoms with Gasteiger partial charge >= 0.3 is 0 Å². The van der Waals surface area contributed by atoms with Gasteiger partial charge in [-0.2, -0.15) is 0 Å². The minimum absolute atomic E-state index is 0.628. The summed E-state index contributed by atoms with van der Waals surface area (Å²) in [6.07, 6.45) is 4.98. The number of rotatable bonds is 4. The van der Waals surface area contributed by atoms with E-state index < -0.39 is 0 Å². The molecule has 0 spiro atoms. The normalized spacial score (nSPS) is 11.5. The molecule has 0 radical (unpaired) electrons. The van der Waals surface area contributed by atoms with Crippen LogP contribution in [0.2, 0.25) is 0 Å². The monoisotopic (exact) mass is 217 g/mol. The molecule has 0 bridgehead atoms. The lowest BCUT2D eigenvalue weighted by Gasteiger charge is -2.06. The SMILES string of the molecule is CC(C)Cn1cc(CCN)c2cccnc21. The van der Waals surface area contributed by atoms with Gasteiger partial charge in [0.1, 0.15) is 5.65 Å². The summed E-state index contributed by atoms with van der Waals surface area (Å²) in [6.45, 7) is 6.14. The van der Waals surface area contributed by atoms with E-state index in [1.807, 2.05) is 12.3 Å². The molecule has 0 unspecified atom stereocenters. The van der Waals surface area contributed by atoms with Crippen LogP contribution >= 0.6 is 0 Å². The maximum Gasteiger partial charge on any atom is 0.140 e. The van der Waals surface area contributed by atoms with Crippen LogP contribution in [0.4, 0.5) is 0 Å². The van der Waals surface area contributed by atoms with E-state index in [1.165, 1.54) is 10.9 Å². The molecule has 0 atom stereocenters. The van der Waals surface area contributed by atoms with E-state index in [0.717, 1.165) is 18.6 Å². The van der Waals surface area contributed by atoms with Gasteiger partial charge in [0.25, 0.3) is 0 Å². The summed E-state index contributed by atoms with van der Waals surface area (Å²) in [6, 6.07) is 4.12. The minimum atomic E-state index is 0.628. The van der Waals surface area contributed by atoms with Gasteiger partial charge in [0, 0.05) is 24.3 Å². The van der Waals surface area contributed by atoms with Gasteiger partial charge in [0.15, 0.2) is 0 Å². The first-order chi connectivity index (χ1) is 7.72. The minimum Gasteiger partial charge on any atom is -0.332 e. The number of hydrogen-bond donors (Lipinski definition) is 1. The zero-order valence-electron chi connectivity index (χ0n) is 9.98. The van der Waals surface area contributed by atoms with Gasteiger partial charge in [-0.1, -0.05) is 13.8 Å². The van der Waals surface area contributed by atoms with Crippen molar-refractivity contribution in [2.24, 2.45) is 11.7 Å². The first-order valence-corrected chi connectivity index (χ1v) is 5.85. The Balaban J connectivity index is 2.48. The molecule has 3 heteroatoms. The Hall–Kier alpha value is -1.35. The van der Waals surface area contributed by atoms with Gasteiger partial charge in [-0.05, 0) is 36.6 Å². The molecule has 0 amide bonds. The third-order valence-electron chi connectivity index (χ3n) is 2.69. The molecule has 0 aliphatic heterocycles. The summed E-state index contributed by atoms with van der Waals surface area (Å²) >= 11 is 0. The molecule has 2 aromatic heterocycles. The van der Waals surface area contributed by atoms with Gasteiger partial charge in [0.2, 0.25) is 0 Å². The van der Waals surface area contributed by atoms with Crippen LogP contribution in [-0.4, -0.2) is 16.1 Å². The summed E-state index contributed by atoms with van der Waals surface area (Å²) in [5.74, 6) is 0.628. The summed E-state index contributed by atoms with van der Waals surface area (Å²) in [5.41, 5.74) is 8.03. The largest absolute Gasteiger partial charge is 0.332 e. The highest BCUT2D eigenvalue weighted by Crippen LogP contribution is 2.20. The predicted octanol–water partition coefficient (Wildman–Crippen LogP) is 2.19. The number of nitrogens with two attached hydrogens (primary N) is 1. The van der Waals surface area contributed by atoms with E-state index in [0.29, 0.717) is 12.5 Å². The van der Waals surface area contributed by atoms with Gasteiger partial charge in [0.05, 0.1) is 0 Å². The van der Waals surface area contributed by atoms with E-state index in [9.17, 15) is 0 Å². The molecular formula is C13H19N3. The van der Waals surface area contributed by atoms with E-state index in [1.54, 1.807) is 0 Å². The van der Waals surface area contributed by atoms with Crippen LogP contribution < -0.4 is 5.73 Å². The number of nitrogens with zero attached hydrogens (tertiary/aromatic N) is 2. The lowest BCUT2D eigenvalue weighted by atomic mass is 10.2. The van der Waals surface area contributed by atoms with Crippen LogP contribution in [0, 0.1) is 5.92 Å². The van der Waals surface area contributed by atoms with Crippen molar-refractivity contribution in [1.82, 2.24) is 9.55 Å². The summed E-state index contributed by atoms with van der Waals surface area (Å²) < 4.78 is 2.24. The summed E-state index contributed by atoms with van der Waals surface area (Å²) in [5, 5.41) is 1.24. The standard InChI is InChI=1S/C13H19N3/c1-10(2)8-16-9-11(5-6-14)12-4-3-7-15-13(12)16/h3-4,7,9-10H,5-6,8,14H2,1-2H3. The third kappa shape index (κ3) is 2.09. The highest BCUT2D eigenvalue weighted by atomic mass is 15.0. The third-order valence-corrected chi connectivity index (χ3v) is 2.69. The second-order valence-corrected chi connectivity index (χ2v) is 4.61. The lowest BCUT2D eigenvalue weighted by Crippen LogP contribution is -2.04. The van der Waals surface area contributed by atoms with Crippen molar-refractivity contribution in [2.45, 2.75) is 26.8 Å². The van der Waals surface area contributed by atoms with Crippen molar-refractivity contribution in [3.63, 3.8) is 0 Å². The molecule has 0 aromatic carbocycles. The molecule has 2 N–H and O–H groups in total. The van der Waals surface area contributed by atoms with E-state index in [2.05, 4.69) is 35.7 Å². The Kier molecular flexibility index (Phi) is 3.25. The molecule has 2 rings (SSSR count). The topological polar surface area (TPSA) is 43.8 Å². The molecule has 0 saturated carbocycles. The van der Waals surface area contributed by atoms with E-state index in [4.69, 9.17) is 5.73 Å².